The Morgan fingerprint density at radius 3 is 2.47 bits per heavy atom. The van der Waals surface area contributed by atoms with Gasteiger partial charge in [0, 0.05) is 12.5 Å². The van der Waals surface area contributed by atoms with Crippen molar-refractivity contribution in [3.05, 3.63) is 35.9 Å². The molecule has 1 aliphatic carbocycles. The summed E-state index contributed by atoms with van der Waals surface area (Å²) >= 11 is 0. The first kappa shape index (κ1) is 12.1. The molecule has 0 heterocycles. The molecule has 3 nitrogen and oxygen atoms in total. The summed E-state index contributed by atoms with van der Waals surface area (Å²) in [6.07, 6.45) is 2.92. The molecule has 0 atom stereocenters. The van der Waals surface area contributed by atoms with Crippen molar-refractivity contribution in [3.8, 4) is 0 Å². The minimum atomic E-state index is -0.201. The number of hydrogen-bond donors (Lipinski definition) is 2. The maximum absolute atomic E-state index is 11.9. The largest absolute Gasteiger partial charge is 0.393 e. The Balaban J connectivity index is 1.78. The molecule has 0 bridgehead atoms. The van der Waals surface area contributed by atoms with Gasteiger partial charge in [0.15, 0.2) is 0 Å². The molecule has 1 amide bonds. The normalized spacial score (nSPS) is 24.3. The Morgan fingerprint density at radius 1 is 1.18 bits per heavy atom. The van der Waals surface area contributed by atoms with Crippen molar-refractivity contribution in [2.45, 2.75) is 38.3 Å². The number of amides is 1. The first-order valence-electron chi connectivity index (χ1n) is 6.25. The minimum Gasteiger partial charge on any atom is -0.393 e. The van der Waals surface area contributed by atoms with Crippen LogP contribution in [-0.2, 0) is 11.3 Å². The van der Waals surface area contributed by atoms with E-state index in [2.05, 4.69) is 5.32 Å². The van der Waals surface area contributed by atoms with Gasteiger partial charge in [-0.25, -0.2) is 0 Å². The number of rotatable bonds is 3. The van der Waals surface area contributed by atoms with Crippen molar-refractivity contribution in [1.29, 1.82) is 0 Å². The number of nitrogens with one attached hydrogen (secondary N) is 1. The van der Waals surface area contributed by atoms with Crippen LogP contribution in [0.3, 0.4) is 0 Å². The maximum Gasteiger partial charge on any atom is 0.223 e. The zero-order valence-electron chi connectivity index (χ0n) is 9.93. The molecule has 0 aliphatic heterocycles. The van der Waals surface area contributed by atoms with Crippen LogP contribution in [0.15, 0.2) is 30.3 Å². The second-order valence-corrected chi connectivity index (χ2v) is 4.71. The fourth-order valence-electron chi connectivity index (χ4n) is 2.27. The van der Waals surface area contributed by atoms with Crippen molar-refractivity contribution >= 4 is 5.91 Å². The van der Waals surface area contributed by atoms with Crippen molar-refractivity contribution in [1.82, 2.24) is 5.32 Å². The van der Waals surface area contributed by atoms with Crippen LogP contribution in [0.2, 0.25) is 0 Å². The molecule has 1 fully saturated rings. The molecule has 92 valence electrons. The lowest BCUT2D eigenvalue weighted by atomic mass is 9.87. The Labute approximate surface area is 102 Å². The predicted molar refractivity (Wildman–Crippen MR) is 66.3 cm³/mol. The van der Waals surface area contributed by atoms with Gasteiger partial charge in [-0.1, -0.05) is 30.3 Å². The van der Waals surface area contributed by atoms with Gasteiger partial charge >= 0.3 is 0 Å². The highest BCUT2D eigenvalue weighted by Crippen LogP contribution is 2.24. The molecule has 0 aromatic heterocycles. The van der Waals surface area contributed by atoms with Gasteiger partial charge in [-0.15, -0.1) is 0 Å². The average Bonchev–Trinajstić information content (AvgIpc) is 2.38. The molecule has 2 rings (SSSR count). The highest BCUT2D eigenvalue weighted by Gasteiger charge is 2.24. The van der Waals surface area contributed by atoms with Crippen LogP contribution in [0, 0.1) is 5.92 Å². The van der Waals surface area contributed by atoms with Gasteiger partial charge in [0.25, 0.3) is 0 Å². The van der Waals surface area contributed by atoms with E-state index in [0.717, 1.165) is 31.2 Å². The number of carbonyl (C=O) groups is 1. The van der Waals surface area contributed by atoms with E-state index in [1.54, 1.807) is 0 Å². The molecule has 2 N–H and O–H groups in total. The van der Waals surface area contributed by atoms with Crippen molar-refractivity contribution in [2.75, 3.05) is 0 Å². The quantitative estimate of drug-likeness (QED) is 0.837. The van der Waals surface area contributed by atoms with Crippen molar-refractivity contribution in [3.63, 3.8) is 0 Å². The number of aliphatic hydroxyl groups excluding tert-OH is 1. The first-order chi connectivity index (χ1) is 8.25. The molecule has 1 aromatic rings. The van der Waals surface area contributed by atoms with E-state index in [1.807, 2.05) is 30.3 Å². The highest BCUT2D eigenvalue weighted by atomic mass is 16.3. The summed E-state index contributed by atoms with van der Waals surface area (Å²) in [7, 11) is 0. The van der Waals surface area contributed by atoms with Crippen molar-refractivity contribution < 1.29 is 9.90 Å². The third kappa shape index (κ3) is 3.56. The average molecular weight is 233 g/mol. The van der Waals surface area contributed by atoms with Crippen LogP contribution < -0.4 is 5.32 Å². The predicted octanol–water partition coefficient (Wildman–Crippen LogP) is 1.85. The minimum absolute atomic E-state index is 0.0853. The van der Waals surface area contributed by atoms with E-state index < -0.39 is 0 Å². The second-order valence-electron chi connectivity index (χ2n) is 4.71. The SMILES string of the molecule is O=C(NCc1ccccc1)C1CCC(O)CC1. The lowest BCUT2D eigenvalue weighted by Gasteiger charge is -2.24. The molecule has 0 unspecified atom stereocenters. The third-order valence-electron chi connectivity index (χ3n) is 3.38. The van der Waals surface area contributed by atoms with E-state index in [4.69, 9.17) is 0 Å². The van der Waals surface area contributed by atoms with E-state index in [-0.39, 0.29) is 17.9 Å². The molecule has 0 radical (unpaired) electrons. The Morgan fingerprint density at radius 2 is 1.82 bits per heavy atom. The van der Waals surface area contributed by atoms with Gasteiger partial charge in [-0.05, 0) is 31.2 Å². The summed E-state index contributed by atoms with van der Waals surface area (Å²) in [6, 6.07) is 9.92. The Kier molecular flexibility index (Phi) is 4.15. The third-order valence-corrected chi connectivity index (χ3v) is 3.38. The number of benzene rings is 1. The van der Waals surface area contributed by atoms with Gasteiger partial charge in [0.1, 0.15) is 0 Å². The van der Waals surface area contributed by atoms with E-state index in [1.165, 1.54) is 0 Å². The lowest BCUT2D eigenvalue weighted by Crippen LogP contribution is -2.33. The van der Waals surface area contributed by atoms with Gasteiger partial charge in [-0.2, -0.15) is 0 Å². The van der Waals surface area contributed by atoms with E-state index >= 15 is 0 Å². The summed E-state index contributed by atoms with van der Waals surface area (Å²) < 4.78 is 0. The monoisotopic (exact) mass is 233 g/mol. The number of hydrogen-bond acceptors (Lipinski definition) is 2. The molecule has 0 spiro atoms. The standard InChI is InChI=1S/C14H19NO2/c16-13-8-6-12(7-9-13)14(17)15-10-11-4-2-1-3-5-11/h1-5,12-13,16H,6-10H2,(H,15,17). The fraction of sp³-hybridized carbons (Fsp3) is 0.500. The fourth-order valence-corrected chi connectivity index (χ4v) is 2.27. The highest BCUT2D eigenvalue weighted by molar-refractivity contribution is 5.78. The van der Waals surface area contributed by atoms with Gasteiger partial charge in [0.2, 0.25) is 5.91 Å². The number of carbonyl (C=O) groups excluding carboxylic acids is 1. The Bertz CT molecular complexity index is 356. The lowest BCUT2D eigenvalue weighted by molar-refractivity contribution is -0.126. The smallest absolute Gasteiger partial charge is 0.223 e. The van der Waals surface area contributed by atoms with Crippen molar-refractivity contribution in [2.24, 2.45) is 5.92 Å². The van der Waals surface area contributed by atoms with Crippen LogP contribution in [0.25, 0.3) is 0 Å². The number of aliphatic hydroxyl groups is 1. The van der Waals surface area contributed by atoms with Crippen LogP contribution in [0.5, 0.6) is 0 Å². The first-order valence-corrected chi connectivity index (χ1v) is 6.25. The van der Waals surface area contributed by atoms with Gasteiger partial charge in [-0.3, -0.25) is 4.79 Å². The summed E-state index contributed by atoms with van der Waals surface area (Å²) in [4.78, 5) is 11.9. The molecule has 0 saturated heterocycles. The summed E-state index contributed by atoms with van der Waals surface area (Å²) in [5.74, 6) is 0.211. The summed E-state index contributed by atoms with van der Waals surface area (Å²) in [5, 5.41) is 12.3. The van der Waals surface area contributed by atoms with Crippen LogP contribution in [0.1, 0.15) is 31.2 Å². The topological polar surface area (TPSA) is 49.3 Å². The summed E-state index contributed by atoms with van der Waals surface area (Å²) in [6.45, 7) is 0.596. The molecular weight excluding hydrogens is 214 g/mol. The molecule has 1 aliphatic rings. The maximum atomic E-state index is 11.9. The zero-order valence-corrected chi connectivity index (χ0v) is 9.93. The van der Waals surface area contributed by atoms with E-state index in [0.29, 0.717) is 6.54 Å². The van der Waals surface area contributed by atoms with Gasteiger partial charge < -0.3 is 10.4 Å². The van der Waals surface area contributed by atoms with Crippen LogP contribution in [0.4, 0.5) is 0 Å². The molecular formula is C14H19NO2. The Hall–Kier alpha value is -1.35. The zero-order chi connectivity index (χ0) is 12.1. The molecule has 3 heteroatoms. The summed E-state index contributed by atoms with van der Waals surface area (Å²) in [5.41, 5.74) is 1.12. The van der Waals surface area contributed by atoms with E-state index in [9.17, 15) is 9.90 Å². The molecule has 1 saturated carbocycles. The molecule has 17 heavy (non-hydrogen) atoms. The molecule has 1 aromatic carbocycles. The second kappa shape index (κ2) is 5.82. The van der Waals surface area contributed by atoms with Crippen LogP contribution in [-0.4, -0.2) is 17.1 Å². The van der Waals surface area contributed by atoms with Gasteiger partial charge in [0.05, 0.1) is 6.10 Å². The van der Waals surface area contributed by atoms with Crippen LogP contribution >= 0.6 is 0 Å².